The van der Waals surface area contributed by atoms with Gasteiger partial charge in [0.05, 0.1) is 0 Å². The molecule has 2 rings (SSSR count). The maximum Gasteiger partial charge on any atom is 0.169 e. The summed E-state index contributed by atoms with van der Waals surface area (Å²) in [5, 5.41) is 4.53. The summed E-state index contributed by atoms with van der Waals surface area (Å²) < 4.78 is 0. The Morgan fingerprint density at radius 1 is 1.12 bits per heavy atom. The fraction of sp³-hybridized carbons (Fsp3) is 0.923. The van der Waals surface area contributed by atoms with Gasteiger partial charge < -0.3 is 15.1 Å². The molecule has 4 heteroatoms. The molecule has 1 N–H and O–H groups in total. The van der Waals surface area contributed by atoms with Gasteiger partial charge in [-0.05, 0) is 52.0 Å². The minimum atomic E-state index is 0.647. The maximum absolute atomic E-state index is 5.52. The van der Waals surface area contributed by atoms with E-state index in [4.69, 9.17) is 12.2 Å². The topological polar surface area (TPSA) is 18.5 Å². The van der Waals surface area contributed by atoms with E-state index in [-0.39, 0.29) is 0 Å². The first-order valence-electron chi connectivity index (χ1n) is 6.88. The number of thiocarbonyl (C=S) groups is 1. The first-order chi connectivity index (χ1) is 8.16. The van der Waals surface area contributed by atoms with Crippen molar-refractivity contribution in [1.29, 1.82) is 0 Å². The summed E-state index contributed by atoms with van der Waals surface area (Å²) in [7, 11) is 4.35. The molecule has 17 heavy (non-hydrogen) atoms. The second-order valence-electron chi connectivity index (χ2n) is 5.61. The molecule has 3 nitrogen and oxygen atoms in total. The first kappa shape index (κ1) is 13.1. The van der Waals surface area contributed by atoms with E-state index in [0.717, 1.165) is 24.2 Å². The quantitative estimate of drug-likeness (QED) is 0.759. The Kier molecular flexibility index (Phi) is 4.62. The normalized spacial score (nSPS) is 23.4. The van der Waals surface area contributed by atoms with Crippen LogP contribution in [0.5, 0.6) is 0 Å². The summed E-state index contributed by atoms with van der Waals surface area (Å²) in [5.41, 5.74) is 0. The van der Waals surface area contributed by atoms with Gasteiger partial charge in [0.25, 0.3) is 0 Å². The SMILES string of the molecule is CN(C)C1CCN(C(=S)NC2CCCC2)CC1. The highest BCUT2D eigenvalue weighted by Crippen LogP contribution is 2.19. The highest BCUT2D eigenvalue weighted by atomic mass is 32.1. The van der Waals surface area contributed by atoms with Gasteiger partial charge in [0.1, 0.15) is 0 Å². The van der Waals surface area contributed by atoms with Crippen LogP contribution in [0, 0.1) is 0 Å². The third kappa shape index (κ3) is 3.55. The highest BCUT2D eigenvalue weighted by molar-refractivity contribution is 7.80. The number of nitrogens with zero attached hydrogens (tertiary/aromatic N) is 2. The largest absolute Gasteiger partial charge is 0.360 e. The van der Waals surface area contributed by atoms with Gasteiger partial charge in [0, 0.05) is 25.2 Å². The minimum absolute atomic E-state index is 0.647. The number of likely N-dealkylation sites (tertiary alicyclic amines) is 1. The van der Waals surface area contributed by atoms with Crippen molar-refractivity contribution in [2.24, 2.45) is 0 Å². The van der Waals surface area contributed by atoms with E-state index in [2.05, 4.69) is 29.2 Å². The maximum atomic E-state index is 5.52. The van der Waals surface area contributed by atoms with Crippen LogP contribution in [0.3, 0.4) is 0 Å². The molecule has 0 bridgehead atoms. The molecule has 1 heterocycles. The van der Waals surface area contributed by atoms with Gasteiger partial charge in [0.15, 0.2) is 5.11 Å². The lowest BCUT2D eigenvalue weighted by Gasteiger charge is -2.37. The molecule has 98 valence electrons. The average Bonchev–Trinajstić information content (AvgIpc) is 2.82. The van der Waals surface area contributed by atoms with Crippen LogP contribution in [-0.2, 0) is 0 Å². The predicted octanol–water partition coefficient (Wildman–Crippen LogP) is 1.83. The van der Waals surface area contributed by atoms with Crippen LogP contribution >= 0.6 is 12.2 Å². The Hall–Kier alpha value is -0.350. The average molecular weight is 255 g/mol. The Labute approximate surface area is 111 Å². The van der Waals surface area contributed by atoms with Crippen LogP contribution in [-0.4, -0.2) is 54.2 Å². The third-order valence-corrected chi connectivity index (χ3v) is 4.54. The molecule has 1 aliphatic carbocycles. The minimum Gasteiger partial charge on any atom is -0.360 e. The zero-order valence-electron chi connectivity index (χ0n) is 11.1. The second kappa shape index (κ2) is 6.01. The van der Waals surface area contributed by atoms with E-state index in [0.29, 0.717) is 6.04 Å². The van der Waals surface area contributed by atoms with Gasteiger partial charge >= 0.3 is 0 Å². The van der Waals surface area contributed by atoms with Crippen LogP contribution in [0.1, 0.15) is 38.5 Å². The van der Waals surface area contributed by atoms with Gasteiger partial charge in [-0.2, -0.15) is 0 Å². The fourth-order valence-corrected chi connectivity index (χ4v) is 3.27. The van der Waals surface area contributed by atoms with Gasteiger partial charge in [-0.15, -0.1) is 0 Å². The molecule has 0 aromatic carbocycles. The van der Waals surface area contributed by atoms with Crippen molar-refractivity contribution in [2.75, 3.05) is 27.2 Å². The predicted molar refractivity (Wildman–Crippen MR) is 76.3 cm³/mol. The molecule has 0 radical (unpaired) electrons. The number of hydrogen-bond donors (Lipinski definition) is 1. The van der Waals surface area contributed by atoms with E-state index in [1.54, 1.807) is 0 Å². The van der Waals surface area contributed by atoms with Crippen LogP contribution in [0.4, 0.5) is 0 Å². The van der Waals surface area contributed by atoms with Crippen molar-refractivity contribution < 1.29 is 0 Å². The Bertz CT molecular complexity index is 253. The monoisotopic (exact) mass is 255 g/mol. The Balaban J connectivity index is 1.74. The Morgan fingerprint density at radius 2 is 1.71 bits per heavy atom. The Morgan fingerprint density at radius 3 is 2.24 bits per heavy atom. The van der Waals surface area contributed by atoms with Crippen molar-refractivity contribution in [3.05, 3.63) is 0 Å². The summed E-state index contributed by atoms with van der Waals surface area (Å²) in [4.78, 5) is 4.69. The van der Waals surface area contributed by atoms with Gasteiger partial charge in [0.2, 0.25) is 0 Å². The summed E-state index contributed by atoms with van der Waals surface area (Å²) in [6.07, 6.45) is 7.80. The molecule has 0 aromatic heterocycles. The molecular formula is C13H25N3S. The van der Waals surface area contributed by atoms with Crippen molar-refractivity contribution in [3.63, 3.8) is 0 Å². The van der Waals surface area contributed by atoms with Gasteiger partial charge in [-0.1, -0.05) is 12.8 Å². The fourth-order valence-electron chi connectivity index (χ4n) is 2.92. The van der Waals surface area contributed by atoms with Crippen LogP contribution < -0.4 is 5.32 Å². The highest BCUT2D eigenvalue weighted by Gasteiger charge is 2.23. The molecule has 2 fully saturated rings. The number of rotatable bonds is 2. The number of piperidine rings is 1. The summed E-state index contributed by atoms with van der Waals surface area (Å²) >= 11 is 5.52. The molecule has 0 amide bonds. The molecule has 1 saturated heterocycles. The zero-order valence-corrected chi connectivity index (χ0v) is 11.9. The lowest BCUT2D eigenvalue weighted by atomic mass is 10.0. The smallest absolute Gasteiger partial charge is 0.169 e. The molecule has 0 unspecified atom stereocenters. The van der Waals surface area contributed by atoms with Crippen molar-refractivity contribution in [3.8, 4) is 0 Å². The third-order valence-electron chi connectivity index (χ3n) is 4.16. The van der Waals surface area contributed by atoms with E-state index in [9.17, 15) is 0 Å². The first-order valence-corrected chi connectivity index (χ1v) is 7.29. The van der Waals surface area contributed by atoms with Crippen molar-refractivity contribution in [2.45, 2.75) is 50.6 Å². The molecule has 0 aromatic rings. The second-order valence-corrected chi connectivity index (χ2v) is 6.00. The summed E-state index contributed by atoms with van der Waals surface area (Å²) in [6.45, 7) is 2.22. The standard InChI is InChI=1S/C13H25N3S/c1-15(2)12-7-9-16(10-8-12)13(17)14-11-5-3-4-6-11/h11-12H,3-10H2,1-2H3,(H,14,17). The number of nitrogens with one attached hydrogen (secondary N) is 1. The molecule has 0 atom stereocenters. The molecular weight excluding hydrogens is 230 g/mol. The zero-order chi connectivity index (χ0) is 12.3. The molecule has 1 aliphatic heterocycles. The molecule has 1 saturated carbocycles. The molecule has 2 aliphatic rings. The van der Waals surface area contributed by atoms with Gasteiger partial charge in [-0.25, -0.2) is 0 Å². The van der Waals surface area contributed by atoms with Gasteiger partial charge in [-0.3, -0.25) is 0 Å². The van der Waals surface area contributed by atoms with Crippen LogP contribution in [0.2, 0.25) is 0 Å². The molecule has 0 spiro atoms. The lowest BCUT2D eigenvalue weighted by molar-refractivity contribution is 0.190. The van der Waals surface area contributed by atoms with E-state index < -0.39 is 0 Å². The summed E-state index contributed by atoms with van der Waals surface area (Å²) in [5.74, 6) is 0. The van der Waals surface area contributed by atoms with Crippen LogP contribution in [0.25, 0.3) is 0 Å². The van der Waals surface area contributed by atoms with E-state index in [1.165, 1.54) is 38.5 Å². The van der Waals surface area contributed by atoms with E-state index in [1.807, 2.05) is 0 Å². The number of hydrogen-bond acceptors (Lipinski definition) is 2. The van der Waals surface area contributed by atoms with Crippen molar-refractivity contribution in [1.82, 2.24) is 15.1 Å². The lowest BCUT2D eigenvalue weighted by Crippen LogP contribution is -2.49. The summed E-state index contributed by atoms with van der Waals surface area (Å²) in [6, 6.07) is 1.38. The van der Waals surface area contributed by atoms with Crippen LogP contribution in [0.15, 0.2) is 0 Å². The van der Waals surface area contributed by atoms with Crippen molar-refractivity contribution >= 4 is 17.3 Å². The van der Waals surface area contributed by atoms with E-state index >= 15 is 0 Å².